The zero-order chi connectivity index (χ0) is 63.9. The fourth-order valence-corrected chi connectivity index (χ4v) is 13.5. The number of fused-ring (bicyclic) bond motifs is 8. The largest absolute Gasteiger partial charge is 3.00 e. The van der Waals surface area contributed by atoms with Gasteiger partial charge in [0.2, 0.25) is 0 Å². The second kappa shape index (κ2) is 26.2. The minimum Gasteiger partial charge on any atom is -0.500 e. The van der Waals surface area contributed by atoms with Crippen LogP contribution in [0.2, 0.25) is 0 Å². The third-order valence-corrected chi connectivity index (χ3v) is 18.2. The average Bonchev–Trinajstić information content (AvgIpc) is 1.34. The van der Waals surface area contributed by atoms with Crippen molar-refractivity contribution in [1.82, 2.24) is 19.5 Å². The topological polar surface area (TPSA) is 69.9 Å². The molecule has 12 aromatic carbocycles. The summed E-state index contributed by atoms with van der Waals surface area (Å²) in [5.74, 6) is 1.32. The summed E-state index contributed by atoms with van der Waals surface area (Å²) < 4.78 is 15.4. The van der Waals surface area contributed by atoms with Gasteiger partial charge in [0.1, 0.15) is 16.7 Å². The third kappa shape index (κ3) is 11.4. The predicted octanol–water partition coefficient (Wildman–Crippen LogP) is 23.9. The number of furan rings is 2. The van der Waals surface area contributed by atoms with E-state index in [1.54, 1.807) is 0 Å². The van der Waals surface area contributed by atoms with Gasteiger partial charge in [0.25, 0.3) is 0 Å². The van der Waals surface area contributed by atoms with E-state index in [2.05, 4.69) is 274 Å². The van der Waals surface area contributed by atoms with Crippen LogP contribution in [0.15, 0.2) is 307 Å². The number of aromatic nitrogens is 4. The molecule has 0 aliphatic rings. The Labute approximate surface area is 572 Å². The van der Waals surface area contributed by atoms with Crippen molar-refractivity contribution in [1.29, 1.82) is 0 Å². The summed E-state index contributed by atoms with van der Waals surface area (Å²) in [5.41, 5.74) is 25.7. The molecule has 17 aromatic rings. The van der Waals surface area contributed by atoms with Gasteiger partial charge in [0, 0.05) is 52.0 Å². The molecule has 0 aliphatic heterocycles. The van der Waals surface area contributed by atoms with Gasteiger partial charge in [-0.2, -0.15) is 0 Å². The summed E-state index contributed by atoms with van der Waals surface area (Å²) >= 11 is 0. The molecule has 0 aliphatic carbocycles. The first-order valence-corrected chi connectivity index (χ1v) is 32.4. The van der Waals surface area contributed by atoms with Crippen LogP contribution in [0.25, 0.3) is 161 Å². The number of para-hydroxylation sites is 1. The molecule has 0 bridgehead atoms. The summed E-state index contributed by atoms with van der Waals surface area (Å²) in [6.07, 6.45) is 7.75. The monoisotopic (exact) mass is 1410 g/mol. The summed E-state index contributed by atoms with van der Waals surface area (Å²) in [6, 6.07) is 106. The van der Waals surface area contributed by atoms with Gasteiger partial charge >= 0.3 is 20.1 Å². The zero-order valence-corrected chi connectivity index (χ0v) is 55.8. The van der Waals surface area contributed by atoms with E-state index in [1.165, 1.54) is 50.1 Å². The first-order chi connectivity index (χ1) is 46.8. The van der Waals surface area contributed by atoms with Gasteiger partial charge < -0.3 is 23.4 Å². The van der Waals surface area contributed by atoms with E-state index in [1.807, 2.05) is 79.3 Å². The summed E-state index contributed by atoms with van der Waals surface area (Å²) in [6.45, 7) is 9.08. The molecule has 0 amide bonds. The SMILES string of the molecule is CC(C)c1cc(-c2ccc3c(c2)oc2ccccc23)cc(C(C)C)c1-n1ccnc1-c1[c-]ccc2c1oc1c3ccc(-c4ccccc4)cc3ccc21.[Ir+3].[c-]1cc(-c2ccccc2-c2ccccc2-c2ccccc2-c2ccc(-c3[c-]cccc3)nc2)ccc1-c1ccccn1. The standard InChI is InChI=1S/C49H37N2O2.C40H26N2.Ir/c1-29(2)42-26-35(33-18-21-38-37-13-8-9-16-44(37)52-45(38)28-33)27-43(30(3)4)46(42)51-24-23-50-49(51)41-15-10-14-39-40-22-19-34-25-32(31-11-6-5-7-12-31)17-20-36(34)47(40)53-48(39)41;1-2-12-30(13-3-1)40-26-25-32(28-42-40)34-15-5-7-17-36(34)38-19-9-8-18-37(38)35-16-6-4-14-33(35)29-21-23-31(24-22-29)39-20-10-11-27-41-39;/h5-14,16-30H,1-4H3;1-12,14-23,25-28H;/q-1;-2;+3. The molecule has 0 unspecified atom stereocenters. The van der Waals surface area contributed by atoms with Gasteiger partial charge in [-0.25, -0.2) is 0 Å². The Bertz CT molecular complexity index is 5480. The fourth-order valence-electron chi connectivity index (χ4n) is 13.5. The quantitative estimate of drug-likeness (QED) is 0.114. The van der Waals surface area contributed by atoms with Crippen molar-refractivity contribution in [3.8, 4) is 106 Å². The second-order valence-electron chi connectivity index (χ2n) is 24.7. The summed E-state index contributed by atoms with van der Waals surface area (Å²) in [5, 5.41) is 6.66. The average molecular weight is 1410 g/mol. The molecular weight excluding hydrogens is 1350 g/mol. The molecule has 0 N–H and O–H groups in total. The maximum absolute atomic E-state index is 6.85. The van der Waals surface area contributed by atoms with E-state index in [0.717, 1.165) is 122 Å². The van der Waals surface area contributed by atoms with Crippen molar-refractivity contribution < 1.29 is 28.9 Å². The smallest absolute Gasteiger partial charge is 0.500 e. The van der Waals surface area contributed by atoms with Gasteiger partial charge in [-0.1, -0.05) is 226 Å². The van der Waals surface area contributed by atoms with E-state index in [0.29, 0.717) is 0 Å². The molecule has 5 aromatic heterocycles. The van der Waals surface area contributed by atoms with Crippen molar-refractivity contribution in [3.05, 3.63) is 327 Å². The molecule has 460 valence electrons. The summed E-state index contributed by atoms with van der Waals surface area (Å²) in [4.78, 5) is 14.2. The van der Waals surface area contributed by atoms with Gasteiger partial charge in [-0.15, -0.1) is 83.9 Å². The van der Waals surface area contributed by atoms with Crippen molar-refractivity contribution in [2.75, 3.05) is 0 Å². The Morgan fingerprint density at radius 2 is 0.958 bits per heavy atom. The minimum absolute atomic E-state index is 0. The number of hydrogen-bond donors (Lipinski definition) is 0. The first kappa shape index (κ1) is 60.9. The molecule has 6 nitrogen and oxygen atoms in total. The van der Waals surface area contributed by atoms with Gasteiger partial charge in [-0.05, 0) is 138 Å². The molecule has 0 fully saturated rings. The Balaban J connectivity index is 0.000000160. The molecule has 5 heterocycles. The van der Waals surface area contributed by atoms with Crippen LogP contribution in [0.3, 0.4) is 0 Å². The number of pyridine rings is 2. The maximum Gasteiger partial charge on any atom is 3.00 e. The van der Waals surface area contributed by atoms with E-state index in [4.69, 9.17) is 18.8 Å². The van der Waals surface area contributed by atoms with Gasteiger partial charge in [-0.3, -0.25) is 4.98 Å². The predicted molar refractivity (Wildman–Crippen MR) is 391 cm³/mol. The van der Waals surface area contributed by atoms with Crippen molar-refractivity contribution in [2.45, 2.75) is 39.5 Å². The normalized spacial score (nSPS) is 11.4. The Kier molecular flexibility index (Phi) is 16.6. The van der Waals surface area contributed by atoms with E-state index in [9.17, 15) is 0 Å². The molecule has 17 rings (SSSR count). The number of rotatable bonds is 12. The molecule has 0 radical (unpaired) electrons. The van der Waals surface area contributed by atoms with Crippen LogP contribution in [-0.2, 0) is 20.1 Å². The number of imidazole rings is 1. The number of hydrogen-bond acceptors (Lipinski definition) is 5. The molecule has 0 spiro atoms. The van der Waals surface area contributed by atoms with Crippen LogP contribution in [0.5, 0.6) is 0 Å². The molecule has 96 heavy (non-hydrogen) atoms. The van der Waals surface area contributed by atoms with Crippen LogP contribution >= 0.6 is 0 Å². The van der Waals surface area contributed by atoms with Gasteiger partial charge in [0.05, 0.1) is 11.4 Å². The van der Waals surface area contributed by atoms with Crippen LogP contribution in [0, 0.1) is 18.2 Å². The molecule has 0 atom stereocenters. The van der Waals surface area contributed by atoms with Crippen molar-refractivity contribution >= 4 is 54.6 Å². The van der Waals surface area contributed by atoms with Crippen molar-refractivity contribution in [3.63, 3.8) is 0 Å². The first-order valence-electron chi connectivity index (χ1n) is 32.4. The molecule has 0 saturated carbocycles. The minimum atomic E-state index is 0. The van der Waals surface area contributed by atoms with Gasteiger partial charge in [0.15, 0.2) is 0 Å². The van der Waals surface area contributed by atoms with Crippen LogP contribution in [-0.4, -0.2) is 19.5 Å². The zero-order valence-electron chi connectivity index (χ0n) is 53.4. The number of nitrogens with zero attached hydrogens (tertiary/aromatic N) is 4. The Morgan fingerprint density at radius 3 is 1.64 bits per heavy atom. The molecular formula is C89H63IrN4O2. The summed E-state index contributed by atoms with van der Waals surface area (Å²) in [7, 11) is 0. The van der Waals surface area contributed by atoms with E-state index in [-0.39, 0.29) is 31.9 Å². The molecule has 0 saturated heterocycles. The van der Waals surface area contributed by atoms with E-state index < -0.39 is 0 Å². The van der Waals surface area contributed by atoms with Crippen LogP contribution in [0.1, 0.15) is 50.7 Å². The van der Waals surface area contributed by atoms with Crippen molar-refractivity contribution in [2.24, 2.45) is 0 Å². The third-order valence-electron chi connectivity index (χ3n) is 18.2. The Morgan fingerprint density at radius 1 is 0.365 bits per heavy atom. The van der Waals surface area contributed by atoms with Crippen LogP contribution in [0.4, 0.5) is 0 Å². The molecule has 7 heteroatoms. The number of benzene rings is 12. The van der Waals surface area contributed by atoms with E-state index >= 15 is 0 Å². The maximum atomic E-state index is 6.85. The second-order valence-corrected chi connectivity index (χ2v) is 24.7. The van der Waals surface area contributed by atoms with Crippen LogP contribution < -0.4 is 0 Å². The Hall–Kier alpha value is -11.3. The fraction of sp³-hybridized carbons (Fsp3) is 0.0674.